The Morgan fingerprint density at radius 3 is 3.25 bits per heavy atom. The lowest BCUT2D eigenvalue weighted by molar-refractivity contribution is -0.113. The van der Waals surface area contributed by atoms with Gasteiger partial charge in [0.25, 0.3) is 5.91 Å². The summed E-state index contributed by atoms with van der Waals surface area (Å²) in [5.74, 6) is -0.112. The number of fused-ring (bicyclic) bond motifs is 1. The third kappa shape index (κ3) is 2.48. The first-order valence-corrected chi connectivity index (χ1v) is 6.45. The van der Waals surface area contributed by atoms with E-state index in [1.807, 2.05) is 6.07 Å². The number of aromatic nitrogens is 2. The Kier molecular flexibility index (Phi) is 3.34. The van der Waals surface area contributed by atoms with Crippen LogP contribution in [-0.4, -0.2) is 46.7 Å². The Bertz CT molecular complexity index is 638. The molecule has 0 bridgehead atoms. The van der Waals surface area contributed by atoms with E-state index in [0.29, 0.717) is 18.5 Å². The smallest absolute Gasteiger partial charge is 0.251 e. The highest BCUT2D eigenvalue weighted by Gasteiger charge is 2.23. The number of amides is 2. The molecule has 3 N–H and O–H groups in total. The zero-order valence-corrected chi connectivity index (χ0v) is 10.8. The minimum absolute atomic E-state index is 0.0485. The van der Waals surface area contributed by atoms with Gasteiger partial charge < -0.3 is 5.32 Å². The maximum atomic E-state index is 12.2. The molecule has 1 unspecified atom stereocenters. The molecular weight excluding hydrogens is 258 g/mol. The van der Waals surface area contributed by atoms with Crippen molar-refractivity contribution in [2.24, 2.45) is 0 Å². The van der Waals surface area contributed by atoms with Crippen LogP contribution in [0.1, 0.15) is 16.8 Å². The molecule has 2 amide bonds. The molecule has 0 spiro atoms. The van der Waals surface area contributed by atoms with Crippen LogP contribution in [0.2, 0.25) is 0 Å². The molecule has 3 rings (SSSR count). The molecule has 1 aromatic carbocycles. The molecule has 1 fully saturated rings. The van der Waals surface area contributed by atoms with Crippen molar-refractivity contribution in [2.75, 3.05) is 13.1 Å². The van der Waals surface area contributed by atoms with Gasteiger partial charge in [0.05, 0.1) is 11.7 Å². The van der Waals surface area contributed by atoms with Gasteiger partial charge in [0.1, 0.15) is 0 Å². The van der Waals surface area contributed by atoms with Gasteiger partial charge in [0.2, 0.25) is 6.41 Å². The van der Waals surface area contributed by atoms with Gasteiger partial charge in [-0.05, 0) is 18.6 Å². The third-order valence-corrected chi connectivity index (χ3v) is 3.46. The van der Waals surface area contributed by atoms with Crippen molar-refractivity contribution in [1.29, 1.82) is 0 Å². The van der Waals surface area contributed by atoms with Crippen molar-refractivity contribution < 1.29 is 9.59 Å². The van der Waals surface area contributed by atoms with Crippen molar-refractivity contribution in [2.45, 2.75) is 12.5 Å². The van der Waals surface area contributed by atoms with E-state index >= 15 is 0 Å². The average molecular weight is 273 g/mol. The van der Waals surface area contributed by atoms with Crippen molar-refractivity contribution >= 4 is 23.2 Å². The minimum atomic E-state index is -0.112. The zero-order chi connectivity index (χ0) is 13.9. The Labute approximate surface area is 115 Å². The lowest BCUT2D eigenvalue weighted by Crippen LogP contribution is -2.40. The summed E-state index contributed by atoms with van der Waals surface area (Å²) in [6.45, 7) is 1.36. The van der Waals surface area contributed by atoms with E-state index in [0.717, 1.165) is 23.9 Å². The van der Waals surface area contributed by atoms with E-state index in [-0.39, 0.29) is 11.9 Å². The summed E-state index contributed by atoms with van der Waals surface area (Å²) in [4.78, 5) is 22.5. The van der Waals surface area contributed by atoms with E-state index in [1.54, 1.807) is 23.3 Å². The summed E-state index contributed by atoms with van der Waals surface area (Å²) in [6.07, 6.45) is 3.19. The monoisotopic (exact) mass is 273 g/mol. The molecule has 2 aromatic rings. The van der Waals surface area contributed by atoms with E-state index in [1.165, 1.54) is 0 Å². The largest absolute Gasteiger partial charge is 0.348 e. The highest BCUT2D eigenvalue weighted by Crippen LogP contribution is 2.13. The van der Waals surface area contributed by atoms with Crippen LogP contribution in [0.5, 0.6) is 0 Å². The molecule has 1 aliphatic rings. The Hall–Kier alpha value is -2.41. The molecule has 7 nitrogen and oxygen atoms in total. The fourth-order valence-corrected chi connectivity index (χ4v) is 2.42. The van der Waals surface area contributed by atoms with Gasteiger partial charge in [-0.3, -0.25) is 20.1 Å². The summed E-state index contributed by atoms with van der Waals surface area (Å²) in [6, 6.07) is 5.48. The number of benzene rings is 1. The van der Waals surface area contributed by atoms with E-state index in [4.69, 9.17) is 0 Å². The van der Waals surface area contributed by atoms with Crippen LogP contribution < -0.4 is 10.7 Å². The molecule has 1 aromatic heterocycles. The van der Waals surface area contributed by atoms with Crippen molar-refractivity contribution in [3.8, 4) is 0 Å². The van der Waals surface area contributed by atoms with Crippen LogP contribution in [0.4, 0.5) is 0 Å². The van der Waals surface area contributed by atoms with Crippen molar-refractivity contribution in [3.05, 3.63) is 30.0 Å². The van der Waals surface area contributed by atoms with Gasteiger partial charge in [0, 0.05) is 30.1 Å². The lowest BCUT2D eigenvalue weighted by atomic mass is 10.1. The lowest BCUT2D eigenvalue weighted by Gasteiger charge is -2.15. The highest BCUT2D eigenvalue weighted by molar-refractivity contribution is 5.97. The van der Waals surface area contributed by atoms with Gasteiger partial charge >= 0.3 is 0 Å². The summed E-state index contributed by atoms with van der Waals surface area (Å²) in [5, 5.41) is 12.5. The van der Waals surface area contributed by atoms with Gasteiger partial charge in [0.15, 0.2) is 0 Å². The first-order chi connectivity index (χ1) is 9.76. The van der Waals surface area contributed by atoms with Crippen molar-refractivity contribution in [3.63, 3.8) is 0 Å². The van der Waals surface area contributed by atoms with Crippen LogP contribution in [0, 0.1) is 0 Å². The fraction of sp³-hybridized carbons (Fsp3) is 0.308. The maximum Gasteiger partial charge on any atom is 0.251 e. The number of carbonyl (C=O) groups excluding carboxylic acids is 2. The summed E-state index contributed by atoms with van der Waals surface area (Å²) in [5.41, 5.74) is 4.04. The molecule has 7 heteroatoms. The predicted molar refractivity (Wildman–Crippen MR) is 72.7 cm³/mol. The minimum Gasteiger partial charge on any atom is -0.348 e. The maximum absolute atomic E-state index is 12.2. The van der Waals surface area contributed by atoms with Gasteiger partial charge in [-0.1, -0.05) is 6.07 Å². The molecule has 1 atom stereocenters. The normalized spacial score (nSPS) is 19.1. The summed E-state index contributed by atoms with van der Waals surface area (Å²) in [7, 11) is 0. The molecule has 20 heavy (non-hydrogen) atoms. The van der Waals surface area contributed by atoms with E-state index < -0.39 is 0 Å². The SMILES string of the molecule is O=CNN1CCC(NC(=O)c2ccc3cn[nH]c3c2)C1. The van der Waals surface area contributed by atoms with Crippen LogP contribution >= 0.6 is 0 Å². The number of nitrogens with one attached hydrogen (secondary N) is 3. The fourth-order valence-electron chi connectivity index (χ4n) is 2.42. The number of H-pyrrole nitrogens is 1. The molecule has 1 aliphatic heterocycles. The van der Waals surface area contributed by atoms with E-state index in [9.17, 15) is 9.59 Å². The second kappa shape index (κ2) is 5.30. The number of carbonyl (C=O) groups is 2. The number of aromatic amines is 1. The van der Waals surface area contributed by atoms with Crippen LogP contribution in [0.25, 0.3) is 10.9 Å². The Morgan fingerprint density at radius 2 is 2.40 bits per heavy atom. The molecule has 0 radical (unpaired) electrons. The highest BCUT2D eigenvalue weighted by atomic mass is 16.2. The quantitative estimate of drug-likeness (QED) is 0.685. The second-order valence-corrected chi connectivity index (χ2v) is 4.82. The van der Waals surface area contributed by atoms with Gasteiger partial charge in [-0.25, -0.2) is 5.01 Å². The average Bonchev–Trinajstić information content (AvgIpc) is 3.07. The first-order valence-electron chi connectivity index (χ1n) is 6.45. The van der Waals surface area contributed by atoms with Gasteiger partial charge in [-0.15, -0.1) is 0 Å². The molecule has 0 aliphatic carbocycles. The van der Waals surface area contributed by atoms with Gasteiger partial charge in [-0.2, -0.15) is 5.10 Å². The first kappa shape index (κ1) is 12.6. The molecule has 0 saturated carbocycles. The third-order valence-electron chi connectivity index (χ3n) is 3.46. The van der Waals surface area contributed by atoms with Crippen LogP contribution in [0.3, 0.4) is 0 Å². The zero-order valence-electron chi connectivity index (χ0n) is 10.8. The predicted octanol–water partition coefficient (Wildman–Crippen LogP) is 0.0280. The summed E-state index contributed by atoms with van der Waals surface area (Å²) < 4.78 is 0. The number of hydrogen-bond donors (Lipinski definition) is 3. The number of nitrogens with zero attached hydrogens (tertiary/aromatic N) is 2. The number of hydrazine groups is 1. The molecule has 2 heterocycles. The summed E-state index contributed by atoms with van der Waals surface area (Å²) >= 11 is 0. The second-order valence-electron chi connectivity index (χ2n) is 4.82. The molecule has 104 valence electrons. The van der Waals surface area contributed by atoms with Crippen LogP contribution in [0.15, 0.2) is 24.4 Å². The van der Waals surface area contributed by atoms with Crippen LogP contribution in [-0.2, 0) is 4.79 Å². The Morgan fingerprint density at radius 1 is 1.50 bits per heavy atom. The topological polar surface area (TPSA) is 90.1 Å². The van der Waals surface area contributed by atoms with E-state index in [2.05, 4.69) is 20.9 Å². The standard InChI is InChI=1S/C13H15N5O2/c19-8-15-18-4-3-11(7-18)16-13(20)9-1-2-10-6-14-17-12(10)5-9/h1-2,5-6,8,11H,3-4,7H2,(H,14,17)(H,15,19)(H,16,20). The molecular formula is C13H15N5O2. The van der Waals surface area contributed by atoms with Crippen molar-refractivity contribution in [1.82, 2.24) is 25.9 Å². The number of hydrogen-bond acceptors (Lipinski definition) is 4. The Balaban J connectivity index is 1.65. The number of rotatable bonds is 4. The molecule has 1 saturated heterocycles.